The molecule has 1 aromatic heterocycles. The van der Waals surface area contributed by atoms with E-state index >= 15 is 0 Å². The number of aromatic amines is 1. The molecular formula is C10H18N4. The SMILES string of the molecule is Cc1[nH]ncc1C1CC(N)CCN1C. The molecule has 0 aliphatic carbocycles. The van der Waals surface area contributed by atoms with E-state index in [0.29, 0.717) is 12.1 Å². The lowest BCUT2D eigenvalue weighted by atomic mass is 9.93. The van der Waals surface area contributed by atoms with E-state index in [4.69, 9.17) is 5.73 Å². The standard InChI is InChI=1S/C10H18N4/c1-7-9(6-12-13-7)10-5-8(11)3-4-14(10)2/h6,8,10H,3-5,11H2,1-2H3,(H,12,13). The van der Waals surface area contributed by atoms with Crippen LogP contribution in [0.4, 0.5) is 0 Å². The fraction of sp³-hybridized carbons (Fsp3) is 0.700. The van der Waals surface area contributed by atoms with Gasteiger partial charge in [0, 0.05) is 23.3 Å². The van der Waals surface area contributed by atoms with Crippen LogP contribution in [0.5, 0.6) is 0 Å². The highest BCUT2D eigenvalue weighted by molar-refractivity contribution is 5.20. The maximum Gasteiger partial charge on any atom is 0.0538 e. The molecule has 1 aliphatic rings. The van der Waals surface area contributed by atoms with Crippen LogP contribution < -0.4 is 5.73 Å². The molecule has 2 unspecified atom stereocenters. The largest absolute Gasteiger partial charge is 0.328 e. The van der Waals surface area contributed by atoms with Gasteiger partial charge in [-0.1, -0.05) is 0 Å². The van der Waals surface area contributed by atoms with Gasteiger partial charge in [0.25, 0.3) is 0 Å². The van der Waals surface area contributed by atoms with Crippen LogP contribution in [0, 0.1) is 6.92 Å². The topological polar surface area (TPSA) is 57.9 Å². The van der Waals surface area contributed by atoms with Gasteiger partial charge in [0.05, 0.1) is 6.20 Å². The Labute approximate surface area is 84.5 Å². The minimum absolute atomic E-state index is 0.338. The highest BCUT2D eigenvalue weighted by Crippen LogP contribution is 2.29. The number of likely N-dealkylation sites (tertiary alicyclic amines) is 1. The van der Waals surface area contributed by atoms with Gasteiger partial charge in [-0.3, -0.25) is 10.00 Å². The summed E-state index contributed by atoms with van der Waals surface area (Å²) in [6.07, 6.45) is 4.06. The predicted octanol–water partition coefficient (Wildman–Crippen LogP) is 0.812. The zero-order chi connectivity index (χ0) is 10.1. The summed E-state index contributed by atoms with van der Waals surface area (Å²) in [5.41, 5.74) is 8.44. The zero-order valence-electron chi connectivity index (χ0n) is 8.83. The van der Waals surface area contributed by atoms with Gasteiger partial charge in [-0.2, -0.15) is 5.10 Å². The van der Waals surface area contributed by atoms with Gasteiger partial charge < -0.3 is 5.73 Å². The van der Waals surface area contributed by atoms with Crippen LogP contribution in [0.2, 0.25) is 0 Å². The molecule has 4 nitrogen and oxygen atoms in total. The van der Waals surface area contributed by atoms with Gasteiger partial charge in [0.15, 0.2) is 0 Å². The Balaban J connectivity index is 2.20. The van der Waals surface area contributed by atoms with Crippen LogP contribution >= 0.6 is 0 Å². The Morgan fingerprint density at radius 2 is 2.43 bits per heavy atom. The van der Waals surface area contributed by atoms with Crippen LogP contribution in [0.15, 0.2) is 6.20 Å². The summed E-state index contributed by atoms with van der Waals surface area (Å²) in [4.78, 5) is 2.36. The second-order valence-corrected chi connectivity index (χ2v) is 4.23. The van der Waals surface area contributed by atoms with Crippen molar-refractivity contribution < 1.29 is 0 Å². The van der Waals surface area contributed by atoms with Crippen molar-refractivity contribution in [3.8, 4) is 0 Å². The van der Waals surface area contributed by atoms with E-state index in [1.807, 2.05) is 6.20 Å². The summed E-state index contributed by atoms with van der Waals surface area (Å²) < 4.78 is 0. The van der Waals surface area contributed by atoms with E-state index in [-0.39, 0.29) is 0 Å². The Morgan fingerprint density at radius 1 is 1.64 bits per heavy atom. The molecule has 0 bridgehead atoms. The molecule has 2 rings (SSSR count). The molecule has 0 amide bonds. The first-order valence-electron chi connectivity index (χ1n) is 5.14. The first-order chi connectivity index (χ1) is 6.68. The van der Waals surface area contributed by atoms with Crippen LogP contribution in [0.25, 0.3) is 0 Å². The molecule has 1 aromatic rings. The van der Waals surface area contributed by atoms with Gasteiger partial charge in [0.1, 0.15) is 0 Å². The molecule has 1 fully saturated rings. The van der Waals surface area contributed by atoms with Crippen molar-refractivity contribution in [3.05, 3.63) is 17.5 Å². The number of aromatic nitrogens is 2. The van der Waals surface area contributed by atoms with Crippen LogP contribution in [-0.2, 0) is 0 Å². The van der Waals surface area contributed by atoms with E-state index in [9.17, 15) is 0 Å². The third-order valence-electron chi connectivity index (χ3n) is 3.14. The maximum absolute atomic E-state index is 5.99. The molecule has 4 heteroatoms. The fourth-order valence-corrected chi connectivity index (χ4v) is 2.17. The van der Waals surface area contributed by atoms with E-state index < -0.39 is 0 Å². The molecular weight excluding hydrogens is 176 g/mol. The normalized spacial score (nSPS) is 29.4. The summed E-state index contributed by atoms with van der Waals surface area (Å²) in [7, 11) is 2.16. The number of nitrogens with zero attached hydrogens (tertiary/aromatic N) is 2. The summed E-state index contributed by atoms with van der Waals surface area (Å²) in [6, 6.07) is 0.781. The number of piperidine rings is 1. The average molecular weight is 194 g/mol. The molecule has 3 N–H and O–H groups in total. The number of H-pyrrole nitrogens is 1. The Kier molecular flexibility index (Phi) is 2.56. The minimum atomic E-state index is 0.338. The van der Waals surface area contributed by atoms with Gasteiger partial charge in [-0.15, -0.1) is 0 Å². The van der Waals surface area contributed by atoms with Gasteiger partial charge in [-0.25, -0.2) is 0 Å². The second kappa shape index (κ2) is 3.71. The van der Waals surface area contributed by atoms with Crippen molar-refractivity contribution in [2.45, 2.75) is 31.8 Å². The lowest BCUT2D eigenvalue weighted by Crippen LogP contribution is -2.40. The van der Waals surface area contributed by atoms with E-state index in [1.54, 1.807) is 0 Å². The molecule has 1 aliphatic heterocycles. The Hall–Kier alpha value is -0.870. The number of nitrogens with two attached hydrogens (primary N) is 1. The van der Waals surface area contributed by atoms with E-state index in [2.05, 4.69) is 29.1 Å². The predicted molar refractivity (Wildman–Crippen MR) is 55.9 cm³/mol. The third-order valence-corrected chi connectivity index (χ3v) is 3.14. The highest BCUT2D eigenvalue weighted by Gasteiger charge is 2.26. The number of rotatable bonds is 1. The minimum Gasteiger partial charge on any atom is -0.328 e. The second-order valence-electron chi connectivity index (χ2n) is 4.23. The van der Waals surface area contributed by atoms with E-state index in [1.165, 1.54) is 5.56 Å². The van der Waals surface area contributed by atoms with Crippen LogP contribution in [0.3, 0.4) is 0 Å². The quantitative estimate of drug-likeness (QED) is 0.695. The third kappa shape index (κ3) is 1.67. The lowest BCUT2D eigenvalue weighted by molar-refractivity contribution is 0.171. The number of hydrogen-bond acceptors (Lipinski definition) is 3. The average Bonchev–Trinajstić information content (AvgIpc) is 2.56. The molecule has 1 saturated heterocycles. The smallest absolute Gasteiger partial charge is 0.0538 e. The number of hydrogen-bond donors (Lipinski definition) is 2. The van der Waals surface area contributed by atoms with Crippen molar-refractivity contribution in [3.63, 3.8) is 0 Å². The van der Waals surface area contributed by atoms with Crippen molar-refractivity contribution in [1.29, 1.82) is 0 Å². The first-order valence-corrected chi connectivity index (χ1v) is 5.14. The van der Waals surface area contributed by atoms with Gasteiger partial charge >= 0.3 is 0 Å². The molecule has 78 valence electrons. The summed E-state index contributed by atoms with van der Waals surface area (Å²) >= 11 is 0. The lowest BCUT2D eigenvalue weighted by Gasteiger charge is -2.35. The number of nitrogens with one attached hydrogen (secondary N) is 1. The fourth-order valence-electron chi connectivity index (χ4n) is 2.17. The monoisotopic (exact) mass is 194 g/mol. The summed E-state index contributed by atoms with van der Waals surface area (Å²) in [5, 5.41) is 7.05. The van der Waals surface area contributed by atoms with E-state index in [0.717, 1.165) is 25.1 Å². The Morgan fingerprint density at radius 3 is 3.07 bits per heavy atom. The highest BCUT2D eigenvalue weighted by atomic mass is 15.2. The molecule has 14 heavy (non-hydrogen) atoms. The molecule has 2 atom stereocenters. The maximum atomic E-state index is 5.99. The van der Waals surface area contributed by atoms with Crippen molar-refractivity contribution >= 4 is 0 Å². The molecule has 0 saturated carbocycles. The van der Waals surface area contributed by atoms with Crippen molar-refractivity contribution in [2.75, 3.05) is 13.6 Å². The summed E-state index contributed by atoms with van der Waals surface area (Å²) in [6.45, 7) is 3.15. The zero-order valence-corrected chi connectivity index (χ0v) is 8.83. The Bertz CT molecular complexity index is 307. The molecule has 0 aromatic carbocycles. The molecule has 0 spiro atoms. The van der Waals surface area contributed by atoms with Gasteiger partial charge in [-0.05, 0) is 33.4 Å². The van der Waals surface area contributed by atoms with Crippen LogP contribution in [0.1, 0.15) is 30.1 Å². The molecule has 0 radical (unpaired) electrons. The number of aryl methyl sites for hydroxylation is 1. The summed E-state index contributed by atoms with van der Waals surface area (Å²) in [5.74, 6) is 0. The van der Waals surface area contributed by atoms with Crippen LogP contribution in [-0.4, -0.2) is 34.7 Å². The van der Waals surface area contributed by atoms with Crippen molar-refractivity contribution in [1.82, 2.24) is 15.1 Å². The van der Waals surface area contributed by atoms with Gasteiger partial charge in [0.2, 0.25) is 0 Å². The van der Waals surface area contributed by atoms with Crippen molar-refractivity contribution in [2.24, 2.45) is 5.73 Å². The first kappa shape index (κ1) is 9.68. The molecule has 2 heterocycles.